The number of hydrogen-bond donors (Lipinski definition) is 4. The number of carbonyl (C=O) groups excluding carboxylic acids is 2. The molecule has 6 nitrogen and oxygen atoms in total. The summed E-state index contributed by atoms with van der Waals surface area (Å²) in [5, 5.41) is 17.4. The molecule has 3 amide bonds. The molecular formula is C13H25N3O3. The van der Waals surface area contributed by atoms with E-state index in [1.165, 1.54) is 7.05 Å². The average Bonchev–Trinajstić information content (AvgIpc) is 2.38. The number of nitrogens with one attached hydrogen (secondary N) is 3. The molecule has 0 bridgehead atoms. The van der Waals surface area contributed by atoms with Crippen molar-refractivity contribution in [3.63, 3.8) is 0 Å². The van der Waals surface area contributed by atoms with E-state index in [2.05, 4.69) is 22.9 Å². The van der Waals surface area contributed by atoms with Crippen LogP contribution in [-0.4, -0.2) is 42.3 Å². The van der Waals surface area contributed by atoms with Crippen LogP contribution >= 0.6 is 0 Å². The molecule has 0 aromatic heterocycles. The molecule has 3 atom stereocenters. The van der Waals surface area contributed by atoms with E-state index < -0.39 is 17.6 Å². The first-order chi connectivity index (χ1) is 8.92. The summed E-state index contributed by atoms with van der Waals surface area (Å²) in [6, 6.07) is -1.04. The molecule has 1 saturated carbocycles. The Hall–Kier alpha value is -1.14. The molecule has 1 aliphatic rings. The molecule has 0 heterocycles. The van der Waals surface area contributed by atoms with Crippen molar-refractivity contribution in [2.75, 3.05) is 13.7 Å². The molecule has 0 aromatic carbocycles. The van der Waals surface area contributed by atoms with Gasteiger partial charge in [0.25, 0.3) is 0 Å². The van der Waals surface area contributed by atoms with Crippen LogP contribution in [-0.2, 0) is 4.79 Å². The van der Waals surface area contributed by atoms with Crippen LogP contribution in [0.3, 0.4) is 0 Å². The molecule has 110 valence electrons. The van der Waals surface area contributed by atoms with Gasteiger partial charge in [0.1, 0.15) is 0 Å². The predicted molar refractivity (Wildman–Crippen MR) is 72.6 cm³/mol. The van der Waals surface area contributed by atoms with Crippen LogP contribution in [0.15, 0.2) is 0 Å². The molecule has 4 N–H and O–H groups in total. The number of rotatable bonds is 4. The van der Waals surface area contributed by atoms with Crippen LogP contribution in [0.4, 0.5) is 4.79 Å². The maximum absolute atomic E-state index is 11.8. The van der Waals surface area contributed by atoms with Crippen molar-refractivity contribution < 1.29 is 14.7 Å². The van der Waals surface area contributed by atoms with Crippen LogP contribution in [0.25, 0.3) is 0 Å². The summed E-state index contributed by atoms with van der Waals surface area (Å²) < 4.78 is 0. The van der Waals surface area contributed by atoms with Crippen molar-refractivity contribution in [3.05, 3.63) is 0 Å². The van der Waals surface area contributed by atoms with Gasteiger partial charge in [-0.3, -0.25) is 15.4 Å². The van der Waals surface area contributed by atoms with E-state index in [0.29, 0.717) is 5.92 Å². The summed E-state index contributed by atoms with van der Waals surface area (Å²) in [6.07, 6.45) is 3.90. The fourth-order valence-corrected chi connectivity index (χ4v) is 2.79. The lowest BCUT2D eigenvalue weighted by atomic mass is 9.76. The minimum atomic E-state index is -0.520. The summed E-state index contributed by atoms with van der Waals surface area (Å²) in [6.45, 7) is 3.87. The molecule has 6 heteroatoms. The lowest BCUT2D eigenvalue weighted by molar-refractivity contribution is -0.122. The molecule has 19 heavy (non-hydrogen) atoms. The number of aliphatic hydroxyl groups excluding tert-OH is 1. The molecule has 0 aliphatic heterocycles. The van der Waals surface area contributed by atoms with Gasteiger partial charge in [-0.2, -0.15) is 0 Å². The van der Waals surface area contributed by atoms with Crippen molar-refractivity contribution >= 4 is 11.9 Å². The largest absolute Gasteiger partial charge is 0.394 e. The predicted octanol–water partition coefficient (Wildman–Crippen LogP) is 0.361. The van der Waals surface area contributed by atoms with Gasteiger partial charge in [0, 0.05) is 12.6 Å². The minimum absolute atomic E-state index is 0.00886. The number of aliphatic hydroxyl groups is 1. The second-order valence-corrected chi connectivity index (χ2v) is 5.57. The summed E-state index contributed by atoms with van der Waals surface area (Å²) >= 11 is 0. The third-order valence-electron chi connectivity index (χ3n) is 3.77. The van der Waals surface area contributed by atoms with E-state index in [0.717, 1.165) is 25.7 Å². The van der Waals surface area contributed by atoms with E-state index in [9.17, 15) is 14.7 Å². The zero-order valence-electron chi connectivity index (χ0n) is 12.0. The van der Waals surface area contributed by atoms with Gasteiger partial charge in [-0.1, -0.05) is 19.8 Å². The Morgan fingerprint density at radius 2 is 2.16 bits per heavy atom. The van der Waals surface area contributed by atoms with Gasteiger partial charge in [0.2, 0.25) is 5.91 Å². The maximum atomic E-state index is 11.8. The fraction of sp³-hybridized carbons (Fsp3) is 0.846. The first-order valence-electron chi connectivity index (χ1n) is 6.83. The first-order valence-corrected chi connectivity index (χ1v) is 6.83. The molecular weight excluding hydrogens is 246 g/mol. The highest BCUT2D eigenvalue weighted by molar-refractivity contribution is 5.96. The van der Waals surface area contributed by atoms with Gasteiger partial charge in [-0.25, -0.2) is 4.79 Å². The third kappa shape index (κ3) is 4.47. The molecule has 0 radical (unpaired) electrons. The zero-order chi connectivity index (χ0) is 14.5. The smallest absolute Gasteiger partial charge is 0.321 e. The van der Waals surface area contributed by atoms with E-state index in [1.54, 1.807) is 6.92 Å². The third-order valence-corrected chi connectivity index (χ3v) is 3.77. The monoisotopic (exact) mass is 271 g/mol. The SMILES string of the molecule is CNC(=O)NC(=O)C(C)NC1(CO)CCCC(C)C1. The molecule has 0 saturated heterocycles. The number of urea groups is 1. The number of carbonyl (C=O) groups is 2. The van der Waals surface area contributed by atoms with Gasteiger partial charge in [0.15, 0.2) is 0 Å². The minimum Gasteiger partial charge on any atom is -0.394 e. The summed E-state index contributed by atoms with van der Waals surface area (Å²) in [7, 11) is 1.46. The van der Waals surface area contributed by atoms with Crippen molar-refractivity contribution in [1.29, 1.82) is 0 Å². The van der Waals surface area contributed by atoms with Gasteiger partial charge >= 0.3 is 6.03 Å². The molecule has 1 rings (SSSR count). The van der Waals surface area contributed by atoms with Crippen LogP contribution in [0.1, 0.15) is 39.5 Å². The summed E-state index contributed by atoms with van der Waals surface area (Å²) in [4.78, 5) is 22.9. The van der Waals surface area contributed by atoms with Gasteiger partial charge in [-0.05, 0) is 25.7 Å². The Morgan fingerprint density at radius 1 is 1.47 bits per heavy atom. The van der Waals surface area contributed by atoms with E-state index in [4.69, 9.17) is 0 Å². The van der Waals surface area contributed by atoms with Crippen LogP contribution in [0, 0.1) is 5.92 Å². The normalized spacial score (nSPS) is 28.5. The Kier molecular flexibility index (Phi) is 5.75. The molecule has 0 spiro atoms. The molecule has 1 fully saturated rings. The van der Waals surface area contributed by atoms with Gasteiger partial charge in [-0.15, -0.1) is 0 Å². The maximum Gasteiger partial charge on any atom is 0.321 e. The Labute approximate surface area is 114 Å². The van der Waals surface area contributed by atoms with Gasteiger partial charge in [0.05, 0.1) is 12.6 Å². The van der Waals surface area contributed by atoms with Crippen molar-refractivity contribution in [3.8, 4) is 0 Å². The first kappa shape index (κ1) is 15.9. The second-order valence-electron chi connectivity index (χ2n) is 5.57. The molecule has 3 unspecified atom stereocenters. The topological polar surface area (TPSA) is 90.5 Å². The standard InChI is InChI=1S/C13H25N3O3/c1-9-5-4-6-13(7-9,8-17)16-10(2)11(18)15-12(19)14-3/h9-10,16-17H,4-8H2,1-3H3,(H2,14,15,18,19). The van der Waals surface area contributed by atoms with E-state index >= 15 is 0 Å². The fourth-order valence-electron chi connectivity index (χ4n) is 2.79. The second kappa shape index (κ2) is 6.86. The molecule has 0 aromatic rings. The van der Waals surface area contributed by atoms with Crippen LogP contribution < -0.4 is 16.0 Å². The van der Waals surface area contributed by atoms with Gasteiger partial charge < -0.3 is 10.4 Å². The van der Waals surface area contributed by atoms with Crippen LogP contribution in [0.2, 0.25) is 0 Å². The zero-order valence-corrected chi connectivity index (χ0v) is 12.0. The highest BCUT2D eigenvalue weighted by Gasteiger charge is 2.36. The van der Waals surface area contributed by atoms with E-state index in [1.807, 2.05) is 0 Å². The van der Waals surface area contributed by atoms with Crippen LogP contribution in [0.5, 0.6) is 0 Å². The average molecular weight is 271 g/mol. The number of amides is 3. The highest BCUT2D eigenvalue weighted by Crippen LogP contribution is 2.32. The van der Waals surface area contributed by atoms with Crippen molar-refractivity contribution in [2.24, 2.45) is 5.92 Å². The Balaban J connectivity index is 2.59. The van der Waals surface area contributed by atoms with Crippen molar-refractivity contribution in [1.82, 2.24) is 16.0 Å². The summed E-state index contributed by atoms with van der Waals surface area (Å²) in [5.74, 6) is 0.146. The lowest BCUT2D eigenvalue weighted by Gasteiger charge is -2.41. The highest BCUT2D eigenvalue weighted by atomic mass is 16.3. The Bertz CT molecular complexity index is 335. The lowest BCUT2D eigenvalue weighted by Crippen LogP contribution is -2.59. The number of imide groups is 1. The summed E-state index contributed by atoms with van der Waals surface area (Å²) in [5.41, 5.74) is -0.406. The Morgan fingerprint density at radius 3 is 2.68 bits per heavy atom. The van der Waals surface area contributed by atoms with Crippen molar-refractivity contribution in [2.45, 2.75) is 51.1 Å². The number of hydrogen-bond acceptors (Lipinski definition) is 4. The molecule has 1 aliphatic carbocycles. The quantitative estimate of drug-likeness (QED) is 0.594. The van der Waals surface area contributed by atoms with E-state index in [-0.39, 0.29) is 12.5 Å².